The summed E-state index contributed by atoms with van der Waals surface area (Å²) in [6.45, 7) is 0. The van der Waals surface area contributed by atoms with Crippen molar-refractivity contribution in [2.45, 2.75) is 0 Å². The highest BCUT2D eigenvalue weighted by molar-refractivity contribution is 5.74. The predicted molar refractivity (Wildman–Crippen MR) is 103 cm³/mol. The van der Waals surface area contributed by atoms with E-state index in [0.717, 1.165) is 22.5 Å². The van der Waals surface area contributed by atoms with Crippen LogP contribution in [0.5, 0.6) is 11.5 Å². The molecule has 0 bridgehead atoms. The van der Waals surface area contributed by atoms with Crippen LogP contribution in [0.1, 0.15) is 0 Å². The number of benzene rings is 3. The van der Waals surface area contributed by atoms with Crippen LogP contribution in [0.25, 0.3) is 28.2 Å². The lowest BCUT2D eigenvalue weighted by Gasteiger charge is -2.16. The molecule has 0 saturated carbocycles. The molecule has 0 aliphatic heterocycles. The molecule has 0 saturated heterocycles. The first kappa shape index (κ1) is 16.0. The molecule has 1 N–H and O–H groups in total. The van der Waals surface area contributed by atoms with E-state index in [1.807, 2.05) is 77.5 Å². The molecule has 4 rings (SSSR count). The largest absolute Gasteiger partial charge is 0.506 e. The summed E-state index contributed by atoms with van der Waals surface area (Å²) in [6.07, 6.45) is 3.54. The Kier molecular flexibility index (Phi) is 4.15. The van der Waals surface area contributed by atoms with Crippen molar-refractivity contribution < 1.29 is 9.84 Å². The van der Waals surface area contributed by atoms with E-state index in [2.05, 4.69) is 4.98 Å². The van der Waals surface area contributed by atoms with Crippen molar-refractivity contribution in [1.29, 1.82) is 0 Å². The number of hydrogen-bond donors (Lipinski definition) is 1. The van der Waals surface area contributed by atoms with Gasteiger partial charge in [-0.15, -0.1) is 0 Å². The van der Waals surface area contributed by atoms with Crippen LogP contribution in [0.3, 0.4) is 0 Å². The second-order valence-electron chi connectivity index (χ2n) is 5.90. The molecular weight excluding hydrogens is 324 g/mol. The van der Waals surface area contributed by atoms with Crippen molar-refractivity contribution in [3.8, 4) is 39.7 Å². The Morgan fingerprint density at radius 2 is 1.50 bits per heavy atom. The zero-order valence-electron chi connectivity index (χ0n) is 14.3. The van der Waals surface area contributed by atoms with Crippen molar-refractivity contribution >= 4 is 0 Å². The highest BCUT2D eigenvalue weighted by atomic mass is 16.5. The predicted octanol–water partition coefficient (Wildman–Crippen LogP) is 4.92. The van der Waals surface area contributed by atoms with Crippen LogP contribution < -0.4 is 4.74 Å². The average molecular weight is 342 g/mol. The topological polar surface area (TPSA) is 47.3 Å². The number of imidazole rings is 1. The first-order valence-electron chi connectivity index (χ1n) is 8.33. The zero-order valence-corrected chi connectivity index (χ0v) is 14.3. The first-order chi connectivity index (χ1) is 12.8. The monoisotopic (exact) mass is 342 g/mol. The second kappa shape index (κ2) is 6.76. The van der Waals surface area contributed by atoms with Crippen molar-refractivity contribution in [3.05, 3.63) is 85.2 Å². The van der Waals surface area contributed by atoms with Gasteiger partial charge in [-0.2, -0.15) is 0 Å². The maximum absolute atomic E-state index is 10.8. The number of methoxy groups -OCH3 is 1. The van der Waals surface area contributed by atoms with Crippen molar-refractivity contribution in [2.75, 3.05) is 7.11 Å². The van der Waals surface area contributed by atoms with Gasteiger partial charge in [0, 0.05) is 18.0 Å². The molecule has 4 nitrogen and oxygen atoms in total. The van der Waals surface area contributed by atoms with Gasteiger partial charge < -0.3 is 9.84 Å². The molecule has 0 atom stereocenters. The van der Waals surface area contributed by atoms with Crippen molar-refractivity contribution in [1.82, 2.24) is 9.55 Å². The zero-order chi connectivity index (χ0) is 17.9. The van der Waals surface area contributed by atoms with Gasteiger partial charge in [-0.25, -0.2) is 4.98 Å². The molecular formula is C22H18N2O2. The van der Waals surface area contributed by atoms with Gasteiger partial charge in [0.2, 0.25) is 0 Å². The molecule has 0 aliphatic carbocycles. The Balaban J connectivity index is 1.88. The Bertz CT molecular complexity index is 1020. The minimum Gasteiger partial charge on any atom is -0.506 e. The number of ether oxygens (including phenoxy) is 1. The molecule has 1 heterocycles. The fourth-order valence-corrected chi connectivity index (χ4v) is 3.07. The van der Waals surface area contributed by atoms with E-state index in [1.54, 1.807) is 19.4 Å². The lowest BCUT2D eigenvalue weighted by atomic mass is 10.0. The maximum Gasteiger partial charge on any atom is 0.147 e. The van der Waals surface area contributed by atoms with Gasteiger partial charge in [0.1, 0.15) is 23.0 Å². The molecule has 0 radical (unpaired) electrons. The summed E-state index contributed by atoms with van der Waals surface area (Å²) >= 11 is 0. The van der Waals surface area contributed by atoms with E-state index in [0.29, 0.717) is 11.4 Å². The van der Waals surface area contributed by atoms with Gasteiger partial charge in [-0.3, -0.25) is 4.57 Å². The van der Waals surface area contributed by atoms with Gasteiger partial charge in [-0.1, -0.05) is 60.7 Å². The minimum absolute atomic E-state index is 0.137. The summed E-state index contributed by atoms with van der Waals surface area (Å²) in [4.78, 5) is 4.46. The van der Waals surface area contributed by atoms with Gasteiger partial charge in [0.15, 0.2) is 0 Å². The highest BCUT2D eigenvalue weighted by Gasteiger charge is 2.17. The molecule has 3 aromatic carbocycles. The molecule has 4 heteroatoms. The summed E-state index contributed by atoms with van der Waals surface area (Å²) in [5.41, 5.74) is 3.45. The molecule has 0 aliphatic rings. The van der Waals surface area contributed by atoms with Crippen LogP contribution in [0, 0.1) is 0 Å². The normalized spacial score (nSPS) is 10.7. The Morgan fingerprint density at radius 1 is 0.846 bits per heavy atom. The van der Waals surface area contributed by atoms with Crippen LogP contribution in [0.15, 0.2) is 85.2 Å². The van der Waals surface area contributed by atoms with Gasteiger partial charge >= 0.3 is 0 Å². The van der Waals surface area contributed by atoms with Crippen LogP contribution in [0.4, 0.5) is 0 Å². The quantitative estimate of drug-likeness (QED) is 0.572. The third-order valence-corrected chi connectivity index (χ3v) is 4.30. The van der Waals surface area contributed by atoms with Crippen LogP contribution >= 0.6 is 0 Å². The van der Waals surface area contributed by atoms with E-state index in [-0.39, 0.29) is 5.75 Å². The van der Waals surface area contributed by atoms with Gasteiger partial charge in [0.25, 0.3) is 0 Å². The third kappa shape index (κ3) is 2.82. The number of phenolic OH excluding ortho intramolecular Hbond substituents is 1. The fourth-order valence-electron chi connectivity index (χ4n) is 3.07. The van der Waals surface area contributed by atoms with Crippen LogP contribution in [0.2, 0.25) is 0 Å². The molecule has 1 aromatic heterocycles. The summed E-state index contributed by atoms with van der Waals surface area (Å²) in [5.74, 6) is 1.46. The van der Waals surface area contributed by atoms with E-state index in [1.165, 1.54) is 0 Å². The SMILES string of the molecule is COc1cc(-c2ccccc2)cc(O)c1-n1ccnc1-c1ccccc1. The number of hydrogen-bond acceptors (Lipinski definition) is 3. The summed E-state index contributed by atoms with van der Waals surface area (Å²) in [5, 5.41) is 10.8. The standard InChI is InChI=1S/C22H18N2O2/c1-26-20-15-18(16-8-4-2-5-9-16)14-19(25)21(20)24-13-12-23-22(24)17-10-6-3-7-11-17/h2-15,25H,1H3. The lowest BCUT2D eigenvalue weighted by Crippen LogP contribution is -2.00. The molecule has 0 fully saturated rings. The number of phenols is 1. The van der Waals surface area contributed by atoms with Crippen LogP contribution in [-0.2, 0) is 0 Å². The summed E-state index contributed by atoms with van der Waals surface area (Å²) in [7, 11) is 1.60. The van der Waals surface area contributed by atoms with E-state index < -0.39 is 0 Å². The van der Waals surface area contributed by atoms with Crippen molar-refractivity contribution in [3.63, 3.8) is 0 Å². The Hall–Kier alpha value is -3.53. The van der Waals surface area contributed by atoms with E-state index >= 15 is 0 Å². The number of nitrogens with zero attached hydrogens (tertiary/aromatic N) is 2. The Morgan fingerprint density at radius 3 is 2.15 bits per heavy atom. The smallest absolute Gasteiger partial charge is 0.147 e. The fraction of sp³-hybridized carbons (Fsp3) is 0.0455. The minimum atomic E-state index is 0.137. The van der Waals surface area contributed by atoms with E-state index in [4.69, 9.17) is 4.74 Å². The summed E-state index contributed by atoms with van der Waals surface area (Å²) in [6, 6.07) is 23.4. The second-order valence-corrected chi connectivity index (χ2v) is 5.90. The average Bonchev–Trinajstić information content (AvgIpc) is 3.18. The van der Waals surface area contributed by atoms with Gasteiger partial charge in [0.05, 0.1) is 7.11 Å². The van der Waals surface area contributed by atoms with E-state index in [9.17, 15) is 5.11 Å². The number of aromatic nitrogens is 2. The third-order valence-electron chi connectivity index (χ3n) is 4.30. The molecule has 128 valence electrons. The maximum atomic E-state index is 10.8. The molecule has 26 heavy (non-hydrogen) atoms. The Labute approximate surface area is 152 Å². The summed E-state index contributed by atoms with van der Waals surface area (Å²) < 4.78 is 7.44. The highest BCUT2D eigenvalue weighted by Crippen LogP contribution is 2.38. The molecule has 0 amide bonds. The lowest BCUT2D eigenvalue weighted by molar-refractivity contribution is 0.405. The first-order valence-corrected chi connectivity index (χ1v) is 8.33. The molecule has 0 unspecified atom stereocenters. The van der Waals surface area contributed by atoms with Crippen molar-refractivity contribution in [2.24, 2.45) is 0 Å². The molecule has 0 spiro atoms. The number of rotatable bonds is 4. The van der Waals surface area contributed by atoms with Crippen LogP contribution in [-0.4, -0.2) is 21.8 Å². The molecule has 4 aromatic rings. The van der Waals surface area contributed by atoms with Gasteiger partial charge in [-0.05, 0) is 23.3 Å². The number of aromatic hydroxyl groups is 1.